The average molecular weight is 235 g/mol. The molecule has 0 aliphatic heterocycles. The van der Waals surface area contributed by atoms with Gasteiger partial charge in [-0.1, -0.05) is 27.7 Å². The maximum atomic E-state index is 4.65. The van der Waals surface area contributed by atoms with Crippen LogP contribution in [0, 0.1) is 13.8 Å². The third kappa shape index (κ3) is 3.77. The van der Waals surface area contributed by atoms with E-state index in [0.717, 1.165) is 36.7 Å². The summed E-state index contributed by atoms with van der Waals surface area (Å²) >= 11 is 0. The van der Waals surface area contributed by atoms with Crippen molar-refractivity contribution in [1.29, 1.82) is 0 Å². The highest BCUT2D eigenvalue weighted by Crippen LogP contribution is 2.21. The minimum absolute atomic E-state index is 0.0235. The van der Waals surface area contributed by atoms with Gasteiger partial charge in [-0.15, -0.1) is 0 Å². The minimum atomic E-state index is 0.0235. The normalized spacial score (nSPS) is 11.9. The molecule has 1 aromatic rings. The molecule has 0 saturated carbocycles. The van der Waals surface area contributed by atoms with Gasteiger partial charge in [-0.3, -0.25) is 0 Å². The van der Waals surface area contributed by atoms with Crippen LogP contribution in [0.4, 0.5) is 0 Å². The Kier molecular flexibility index (Phi) is 4.63. The molecule has 1 rings (SSSR count). The minimum Gasteiger partial charge on any atom is -0.317 e. The summed E-state index contributed by atoms with van der Waals surface area (Å²) < 4.78 is 0. The van der Waals surface area contributed by atoms with E-state index >= 15 is 0 Å². The Hall–Kier alpha value is -0.960. The number of likely N-dealkylation sites (N-methyl/N-ethyl adjacent to an activating group) is 1. The van der Waals surface area contributed by atoms with Gasteiger partial charge < -0.3 is 5.32 Å². The lowest BCUT2D eigenvalue weighted by Gasteiger charge is -2.19. The molecule has 0 amide bonds. The molecular formula is C14H25N3. The number of nitrogens with zero attached hydrogens (tertiary/aromatic N) is 2. The molecular weight excluding hydrogens is 210 g/mol. The van der Waals surface area contributed by atoms with Crippen LogP contribution in [-0.4, -0.2) is 23.1 Å². The zero-order chi connectivity index (χ0) is 13.1. The molecule has 0 aliphatic carbocycles. The Morgan fingerprint density at radius 1 is 1.06 bits per heavy atom. The number of hydrogen-bond donors (Lipinski definition) is 1. The van der Waals surface area contributed by atoms with Gasteiger partial charge in [0, 0.05) is 16.8 Å². The lowest BCUT2D eigenvalue weighted by molar-refractivity contribution is 0.538. The average Bonchev–Trinajstić information content (AvgIpc) is 2.20. The predicted molar refractivity (Wildman–Crippen MR) is 72.5 cm³/mol. The summed E-state index contributed by atoms with van der Waals surface area (Å²) in [6, 6.07) is 0. The van der Waals surface area contributed by atoms with E-state index in [0.29, 0.717) is 0 Å². The fraction of sp³-hybridized carbons (Fsp3) is 0.714. The summed E-state index contributed by atoms with van der Waals surface area (Å²) in [4.78, 5) is 9.29. The summed E-state index contributed by atoms with van der Waals surface area (Å²) in [5, 5.41) is 3.34. The molecule has 0 unspecified atom stereocenters. The zero-order valence-corrected chi connectivity index (χ0v) is 12.0. The molecule has 96 valence electrons. The largest absolute Gasteiger partial charge is 0.317 e. The molecule has 0 fully saturated rings. The van der Waals surface area contributed by atoms with Gasteiger partial charge in [-0.2, -0.15) is 0 Å². The molecule has 3 heteroatoms. The topological polar surface area (TPSA) is 37.8 Å². The van der Waals surface area contributed by atoms with Crippen molar-refractivity contribution < 1.29 is 0 Å². The number of aromatic nitrogens is 2. The summed E-state index contributed by atoms with van der Waals surface area (Å²) in [5.41, 5.74) is 3.56. The van der Waals surface area contributed by atoms with Crippen molar-refractivity contribution in [3.63, 3.8) is 0 Å². The van der Waals surface area contributed by atoms with Crippen molar-refractivity contribution in [2.75, 3.05) is 13.1 Å². The summed E-state index contributed by atoms with van der Waals surface area (Å²) in [6.07, 6.45) is 1.01. The number of rotatable bonds is 4. The van der Waals surface area contributed by atoms with Gasteiger partial charge in [-0.25, -0.2) is 9.97 Å². The maximum Gasteiger partial charge on any atom is 0.134 e. The Bertz CT molecular complexity index is 355. The van der Waals surface area contributed by atoms with Crippen molar-refractivity contribution >= 4 is 0 Å². The van der Waals surface area contributed by atoms with Gasteiger partial charge in [0.2, 0.25) is 0 Å². The third-order valence-electron chi connectivity index (χ3n) is 2.89. The van der Waals surface area contributed by atoms with Crippen LogP contribution in [0.3, 0.4) is 0 Å². The summed E-state index contributed by atoms with van der Waals surface area (Å²) in [7, 11) is 0. The van der Waals surface area contributed by atoms with E-state index in [1.165, 1.54) is 5.56 Å². The van der Waals surface area contributed by atoms with Gasteiger partial charge in [0.05, 0.1) is 0 Å². The van der Waals surface area contributed by atoms with Crippen LogP contribution >= 0.6 is 0 Å². The van der Waals surface area contributed by atoms with Crippen LogP contribution in [0.1, 0.15) is 50.5 Å². The monoisotopic (exact) mass is 235 g/mol. The first kappa shape index (κ1) is 14.1. The summed E-state index contributed by atoms with van der Waals surface area (Å²) in [5.74, 6) is 0.944. The zero-order valence-electron chi connectivity index (χ0n) is 12.0. The molecule has 0 radical (unpaired) electrons. The quantitative estimate of drug-likeness (QED) is 0.815. The highest BCUT2D eigenvalue weighted by Gasteiger charge is 2.19. The smallest absolute Gasteiger partial charge is 0.134 e. The van der Waals surface area contributed by atoms with Crippen LogP contribution in [0.25, 0.3) is 0 Å². The lowest BCUT2D eigenvalue weighted by Crippen LogP contribution is -2.21. The first-order valence-electron chi connectivity index (χ1n) is 6.41. The molecule has 1 heterocycles. The van der Waals surface area contributed by atoms with E-state index in [2.05, 4.69) is 56.8 Å². The van der Waals surface area contributed by atoms with Crippen molar-refractivity contribution in [1.82, 2.24) is 15.3 Å². The maximum absolute atomic E-state index is 4.65. The van der Waals surface area contributed by atoms with E-state index in [1.807, 2.05) is 0 Å². The second-order valence-electron chi connectivity index (χ2n) is 5.55. The summed E-state index contributed by atoms with van der Waals surface area (Å²) in [6.45, 7) is 14.8. The van der Waals surface area contributed by atoms with Crippen LogP contribution in [-0.2, 0) is 11.8 Å². The molecule has 0 spiro atoms. The van der Waals surface area contributed by atoms with Gasteiger partial charge in [0.15, 0.2) is 0 Å². The Morgan fingerprint density at radius 3 is 2.00 bits per heavy atom. The first-order chi connectivity index (χ1) is 7.86. The van der Waals surface area contributed by atoms with Crippen molar-refractivity contribution in [3.8, 4) is 0 Å². The highest BCUT2D eigenvalue weighted by atomic mass is 14.9. The van der Waals surface area contributed by atoms with Gasteiger partial charge in [0.1, 0.15) is 5.82 Å². The molecule has 0 aliphatic rings. The molecule has 0 aromatic carbocycles. The number of hydrogen-bond acceptors (Lipinski definition) is 3. The number of aryl methyl sites for hydroxylation is 2. The predicted octanol–water partition coefficient (Wildman–Crippen LogP) is 2.54. The molecule has 17 heavy (non-hydrogen) atoms. The highest BCUT2D eigenvalue weighted by molar-refractivity contribution is 5.26. The van der Waals surface area contributed by atoms with Crippen molar-refractivity contribution in [2.24, 2.45) is 0 Å². The third-order valence-corrected chi connectivity index (χ3v) is 2.89. The van der Waals surface area contributed by atoms with Crippen molar-refractivity contribution in [2.45, 2.75) is 53.4 Å². The second-order valence-corrected chi connectivity index (χ2v) is 5.55. The van der Waals surface area contributed by atoms with Gasteiger partial charge >= 0.3 is 0 Å². The van der Waals surface area contributed by atoms with Crippen LogP contribution < -0.4 is 5.32 Å². The number of nitrogens with one attached hydrogen (secondary N) is 1. The standard InChI is InChI=1S/C14H25N3/c1-7-15-9-8-12-10(2)16-13(14(4,5)6)17-11(12)3/h15H,7-9H2,1-6H3. The Balaban J connectivity index is 2.95. The van der Waals surface area contributed by atoms with Gasteiger partial charge in [0.25, 0.3) is 0 Å². The SMILES string of the molecule is CCNCCc1c(C)nc(C(C)(C)C)nc1C. The first-order valence-corrected chi connectivity index (χ1v) is 6.41. The molecule has 0 atom stereocenters. The molecule has 1 N–H and O–H groups in total. The molecule has 0 bridgehead atoms. The molecule has 0 saturated heterocycles. The fourth-order valence-electron chi connectivity index (χ4n) is 1.83. The van der Waals surface area contributed by atoms with E-state index in [4.69, 9.17) is 0 Å². The lowest BCUT2D eigenvalue weighted by atomic mass is 9.95. The Labute approximate surface area is 105 Å². The molecule has 1 aromatic heterocycles. The van der Waals surface area contributed by atoms with E-state index in [1.54, 1.807) is 0 Å². The fourth-order valence-corrected chi connectivity index (χ4v) is 1.83. The van der Waals surface area contributed by atoms with Gasteiger partial charge in [-0.05, 0) is 38.9 Å². The van der Waals surface area contributed by atoms with Crippen molar-refractivity contribution in [3.05, 3.63) is 22.8 Å². The Morgan fingerprint density at radius 2 is 1.59 bits per heavy atom. The van der Waals surface area contributed by atoms with E-state index in [9.17, 15) is 0 Å². The molecule has 3 nitrogen and oxygen atoms in total. The van der Waals surface area contributed by atoms with E-state index < -0.39 is 0 Å². The second kappa shape index (κ2) is 5.58. The van der Waals surface area contributed by atoms with E-state index in [-0.39, 0.29) is 5.41 Å². The van der Waals surface area contributed by atoms with Crippen LogP contribution in [0.2, 0.25) is 0 Å². The van der Waals surface area contributed by atoms with Crippen LogP contribution in [0.15, 0.2) is 0 Å². The van der Waals surface area contributed by atoms with Crippen LogP contribution in [0.5, 0.6) is 0 Å².